The van der Waals surface area contributed by atoms with E-state index >= 15 is 0 Å². The van der Waals surface area contributed by atoms with Crippen LogP contribution in [0.15, 0.2) is 34.9 Å². The highest BCUT2D eigenvalue weighted by Crippen LogP contribution is 2.27. The third-order valence-corrected chi connectivity index (χ3v) is 3.93. The molecular weight excluding hydrogens is 240 g/mol. The molecule has 0 bridgehead atoms. The van der Waals surface area contributed by atoms with Crippen molar-refractivity contribution >= 4 is 11.0 Å². The Hall–Kier alpha value is -1.36. The van der Waals surface area contributed by atoms with Crippen molar-refractivity contribution in [3.63, 3.8) is 0 Å². The van der Waals surface area contributed by atoms with Crippen LogP contribution in [0.2, 0.25) is 0 Å². The minimum Gasteiger partial charge on any atom is -0.464 e. The number of aliphatic hydroxyl groups excluding tert-OH is 1. The highest BCUT2D eigenvalue weighted by atomic mass is 16.3. The second kappa shape index (κ2) is 5.33. The molecule has 19 heavy (non-hydrogen) atoms. The quantitative estimate of drug-likeness (QED) is 0.884. The molecule has 1 aliphatic heterocycles. The monoisotopic (exact) mass is 260 g/mol. The van der Waals surface area contributed by atoms with Crippen LogP contribution in [0, 0.1) is 0 Å². The molecule has 1 unspecified atom stereocenters. The lowest BCUT2D eigenvalue weighted by atomic mass is 10.0. The highest BCUT2D eigenvalue weighted by Gasteiger charge is 2.21. The zero-order chi connectivity index (χ0) is 13.2. The van der Waals surface area contributed by atoms with E-state index in [1.165, 1.54) is 0 Å². The molecule has 1 aromatic heterocycles. The number of likely N-dealkylation sites (tertiary alicyclic amines) is 1. The summed E-state index contributed by atoms with van der Waals surface area (Å²) in [7, 11) is 0. The second-order valence-electron chi connectivity index (χ2n) is 5.34. The van der Waals surface area contributed by atoms with Gasteiger partial charge in [-0.05, 0) is 32.0 Å². The van der Waals surface area contributed by atoms with Crippen LogP contribution in [0.1, 0.15) is 24.5 Å². The van der Waals surface area contributed by atoms with Crippen LogP contribution in [0.25, 0.3) is 11.0 Å². The maximum Gasteiger partial charge on any atom is 0.134 e. The molecule has 0 spiro atoms. The van der Waals surface area contributed by atoms with Crippen LogP contribution in [0.3, 0.4) is 0 Å². The van der Waals surface area contributed by atoms with Gasteiger partial charge in [0, 0.05) is 23.5 Å². The molecule has 1 saturated heterocycles. The predicted molar refractivity (Wildman–Crippen MR) is 74.8 cm³/mol. The molecule has 1 aliphatic rings. The molecule has 0 amide bonds. The largest absolute Gasteiger partial charge is 0.464 e. The van der Waals surface area contributed by atoms with Crippen LogP contribution in [0.5, 0.6) is 0 Å². The van der Waals surface area contributed by atoms with Gasteiger partial charge in [-0.1, -0.05) is 18.2 Å². The minimum absolute atomic E-state index is 0.322. The van der Waals surface area contributed by atoms with E-state index in [0.29, 0.717) is 12.6 Å². The maximum atomic E-state index is 10.4. The van der Waals surface area contributed by atoms with E-state index in [9.17, 15) is 5.11 Å². The van der Waals surface area contributed by atoms with Gasteiger partial charge < -0.3 is 20.2 Å². The number of nitrogens with two attached hydrogens (primary N) is 1. The zero-order valence-electron chi connectivity index (χ0n) is 11.0. The molecule has 1 aromatic carbocycles. The fourth-order valence-electron chi connectivity index (χ4n) is 2.73. The second-order valence-corrected chi connectivity index (χ2v) is 5.34. The first-order chi connectivity index (χ1) is 9.24. The van der Waals surface area contributed by atoms with Gasteiger partial charge in [-0.2, -0.15) is 0 Å². The summed E-state index contributed by atoms with van der Waals surface area (Å²) in [5.41, 5.74) is 7.60. The lowest BCUT2D eigenvalue weighted by Crippen LogP contribution is -2.41. The summed E-state index contributed by atoms with van der Waals surface area (Å²) in [6, 6.07) is 8.14. The number of fused-ring (bicyclic) bond motifs is 1. The molecule has 2 aromatic rings. The number of para-hydroxylation sites is 1. The van der Waals surface area contributed by atoms with Crippen LogP contribution < -0.4 is 5.73 Å². The standard InChI is InChI=1S/C15H20N2O2/c16-11-5-7-17(8-6-11)9-14(18)13-10-19-15-4-2-1-3-12(13)15/h1-4,10-11,14,18H,5-9,16H2. The molecule has 3 rings (SSSR count). The Balaban J connectivity index is 1.71. The summed E-state index contributed by atoms with van der Waals surface area (Å²) in [6.45, 7) is 2.58. The third-order valence-electron chi connectivity index (χ3n) is 3.93. The first-order valence-corrected chi connectivity index (χ1v) is 6.86. The fourth-order valence-corrected chi connectivity index (χ4v) is 2.73. The van der Waals surface area contributed by atoms with Gasteiger partial charge in [0.05, 0.1) is 12.4 Å². The molecule has 4 heteroatoms. The number of benzene rings is 1. The van der Waals surface area contributed by atoms with Gasteiger partial charge in [0.1, 0.15) is 5.58 Å². The summed E-state index contributed by atoms with van der Waals surface area (Å²) in [5, 5.41) is 11.4. The number of aliphatic hydroxyl groups is 1. The molecule has 102 valence electrons. The van der Waals surface area contributed by atoms with E-state index < -0.39 is 6.10 Å². The topological polar surface area (TPSA) is 62.6 Å². The minimum atomic E-state index is -0.502. The van der Waals surface area contributed by atoms with Gasteiger partial charge in [-0.3, -0.25) is 0 Å². The van der Waals surface area contributed by atoms with Gasteiger partial charge in [0.25, 0.3) is 0 Å². The third kappa shape index (κ3) is 2.66. The van der Waals surface area contributed by atoms with Crippen LogP contribution in [-0.4, -0.2) is 35.7 Å². The smallest absolute Gasteiger partial charge is 0.134 e. The average molecular weight is 260 g/mol. The van der Waals surface area contributed by atoms with Crippen LogP contribution >= 0.6 is 0 Å². The number of furan rings is 1. The van der Waals surface area contributed by atoms with E-state index in [2.05, 4.69) is 4.90 Å². The SMILES string of the molecule is NC1CCN(CC(O)c2coc3ccccc23)CC1. The summed E-state index contributed by atoms with van der Waals surface area (Å²) in [6.07, 6.45) is 3.20. The summed E-state index contributed by atoms with van der Waals surface area (Å²) < 4.78 is 5.48. The van der Waals surface area contributed by atoms with Gasteiger partial charge in [0.2, 0.25) is 0 Å². The van der Waals surface area contributed by atoms with E-state index in [-0.39, 0.29) is 0 Å². The van der Waals surface area contributed by atoms with Crippen LogP contribution in [-0.2, 0) is 0 Å². The lowest BCUT2D eigenvalue weighted by Gasteiger charge is -2.31. The van der Waals surface area contributed by atoms with E-state index in [1.54, 1.807) is 6.26 Å². The van der Waals surface area contributed by atoms with Crippen molar-refractivity contribution in [1.82, 2.24) is 4.90 Å². The van der Waals surface area contributed by atoms with E-state index in [1.807, 2.05) is 24.3 Å². The van der Waals surface area contributed by atoms with Gasteiger partial charge in [-0.25, -0.2) is 0 Å². The van der Waals surface area contributed by atoms with Gasteiger partial charge >= 0.3 is 0 Å². The number of hydrogen-bond donors (Lipinski definition) is 2. The predicted octanol–water partition coefficient (Wildman–Crippen LogP) is 1.89. The normalized spacial score (nSPS) is 19.9. The van der Waals surface area contributed by atoms with Crippen molar-refractivity contribution in [3.8, 4) is 0 Å². The van der Waals surface area contributed by atoms with Crippen molar-refractivity contribution in [2.45, 2.75) is 25.0 Å². The Morgan fingerprint density at radius 2 is 2.05 bits per heavy atom. The van der Waals surface area contributed by atoms with Crippen molar-refractivity contribution in [2.75, 3.05) is 19.6 Å². The Morgan fingerprint density at radius 3 is 2.84 bits per heavy atom. The van der Waals surface area contributed by atoms with Gasteiger partial charge in [0.15, 0.2) is 0 Å². The number of nitrogens with zero attached hydrogens (tertiary/aromatic N) is 1. The fraction of sp³-hybridized carbons (Fsp3) is 0.467. The molecule has 4 nitrogen and oxygen atoms in total. The Kier molecular flexibility index (Phi) is 3.55. The molecule has 1 fully saturated rings. The maximum absolute atomic E-state index is 10.4. The Bertz CT molecular complexity index is 544. The Morgan fingerprint density at radius 1 is 1.32 bits per heavy atom. The number of piperidine rings is 1. The molecule has 1 atom stereocenters. The summed E-state index contributed by atoms with van der Waals surface area (Å²) in [4.78, 5) is 2.27. The van der Waals surface area contributed by atoms with Crippen molar-refractivity contribution in [2.24, 2.45) is 5.73 Å². The summed E-state index contributed by atoms with van der Waals surface area (Å²) in [5.74, 6) is 0. The first-order valence-electron chi connectivity index (χ1n) is 6.86. The van der Waals surface area contributed by atoms with E-state index in [4.69, 9.17) is 10.2 Å². The van der Waals surface area contributed by atoms with Gasteiger partial charge in [-0.15, -0.1) is 0 Å². The van der Waals surface area contributed by atoms with Crippen molar-refractivity contribution in [1.29, 1.82) is 0 Å². The molecule has 0 radical (unpaired) electrons. The molecule has 3 N–H and O–H groups in total. The van der Waals surface area contributed by atoms with Crippen molar-refractivity contribution in [3.05, 3.63) is 36.1 Å². The lowest BCUT2D eigenvalue weighted by molar-refractivity contribution is 0.0980. The summed E-state index contributed by atoms with van der Waals surface area (Å²) >= 11 is 0. The first kappa shape index (κ1) is 12.7. The molecule has 0 aliphatic carbocycles. The number of β-amino-alcohol motifs (C(OH)–C–C–N with tert-alkyl or cyclic N) is 1. The van der Waals surface area contributed by atoms with E-state index in [0.717, 1.165) is 42.5 Å². The highest BCUT2D eigenvalue weighted by molar-refractivity contribution is 5.81. The molecule has 0 saturated carbocycles. The number of rotatable bonds is 3. The Labute approximate surface area is 112 Å². The number of hydrogen-bond acceptors (Lipinski definition) is 4. The van der Waals surface area contributed by atoms with Crippen molar-refractivity contribution < 1.29 is 9.52 Å². The van der Waals surface area contributed by atoms with Crippen LogP contribution in [0.4, 0.5) is 0 Å². The molecular formula is C15H20N2O2. The zero-order valence-corrected chi connectivity index (χ0v) is 11.0. The molecule has 2 heterocycles. The average Bonchev–Trinajstić information content (AvgIpc) is 2.85.